The van der Waals surface area contributed by atoms with Gasteiger partial charge in [0.1, 0.15) is 16.7 Å². The van der Waals surface area contributed by atoms with E-state index in [1.54, 1.807) is 23.9 Å². The van der Waals surface area contributed by atoms with Gasteiger partial charge in [0.25, 0.3) is 5.91 Å². The number of morpholine rings is 1. The van der Waals surface area contributed by atoms with Crippen molar-refractivity contribution in [1.82, 2.24) is 10.3 Å². The first-order chi connectivity index (χ1) is 14.1. The third kappa shape index (κ3) is 5.70. The van der Waals surface area contributed by atoms with Crippen LogP contribution in [0.1, 0.15) is 34.8 Å². The van der Waals surface area contributed by atoms with Crippen molar-refractivity contribution in [1.29, 1.82) is 0 Å². The van der Waals surface area contributed by atoms with Crippen molar-refractivity contribution in [3.8, 4) is 0 Å². The summed E-state index contributed by atoms with van der Waals surface area (Å²) in [6.45, 7) is 7.52. The van der Waals surface area contributed by atoms with Crippen LogP contribution in [0.15, 0.2) is 35.4 Å². The molecular weight excluding hydrogens is 389 g/mol. The molecule has 156 valence electrons. The molecule has 1 N–H and O–H groups in total. The SMILES string of the molecule is CCSc1nc(N2CCOCC2)cc(C)c1C(=O)NCCCc1ccccc1F. The van der Waals surface area contributed by atoms with Crippen LogP contribution in [0, 0.1) is 12.7 Å². The third-order valence-corrected chi connectivity index (χ3v) is 5.74. The number of halogens is 1. The first kappa shape index (κ1) is 21.6. The normalized spacial score (nSPS) is 14.1. The van der Waals surface area contributed by atoms with Crippen molar-refractivity contribution < 1.29 is 13.9 Å². The van der Waals surface area contributed by atoms with E-state index in [0.29, 0.717) is 43.7 Å². The first-order valence-corrected chi connectivity index (χ1v) is 11.1. The molecule has 1 fully saturated rings. The Kier molecular flexibility index (Phi) is 7.89. The van der Waals surface area contributed by atoms with Crippen LogP contribution in [0.25, 0.3) is 0 Å². The van der Waals surface area contributed by atoms with Gasteiger partial charge in [-0.05, 0) is 48.8 Å². The monoisotopic (exact) mass is 417 g/mol. The zero-order chi connectivity index (χ0) is 20.6. The molecule has 5 nitrogen and oxygen atoms in total. The fourth-order valence-electron chi connectivity index (χ4n) is 3.37. The van der Waals surface area contributed by atoms with Gasteiger partial charge in [0.15, 0.2) is 0 Å². The van der Waals surface area contributed by atoms with Crippen LogP contribution in [-0.4, -0.2) is 49.5 Å². The number of anilines is 1. The lowest BCUT2D eigenvalue weighted by Gasteiger charge is -2.28. The van der Waals surface area contributed by atoms with Gasteiger partial charge in [-0.1, -0.05) is 25.1 Å². The highest BCUT2D eigenvalue weighted by molar-refractivity contribution is 7.99. The topological polar surface area (TPSA) is 54.5 Å². The number of aryl methyl sites for hydroxylation is 2. The van der Waals surface area contributed by atoms with Crippen LogP contribution in [-0.2, 0) is 11.2 Å². The summed E-state index contributed by atoms with van der Waals surface area (Å²) in [5.74, 6) is 1.43. The molecule has 1 amide bonds. The van der Waals surface area contributed by atoms with E-state index in [-0.39, 0.29) is 11.7 Å². The Morgan fingerprint density at radius 1 is 1.31 bits per heavy atom. The first-order valence-electron chi connectivity index (χ1n) is 10.1. The number of ether oxygens (including phenoxy) is 1. The second kappa shape index (κ2) is 10.6. The quantitative estimate of drug-likeness (QED) is 0.522. The standard InChI is InChI=1S/C22H28FN3O2S/c1-3-29-22-20(16(2)15-19(25-22)26-11-13-28-14-12-26)21(27)24-10-6-8-17-7-4-5-9-18(17)23/h4-5,7,9,15H,3,6,8,10-14H2,1-2H3,(H,24,27). The minimum atomic E-state index is -0.195. The second-order valence-electron chi connectivity index (χ2n) is 6.96. The number of aromatic nitrogens is 1. The van der Waals surface area contributed by atoms with Gasteiger partial charge >= 0.3 is 0 Å². The fraction of sp³-hybridized carbons (Fsp3) is 0.455. The number of nitrogens with zero attached hydrogens (tertiary/aromatic N) is 2. The maximum absolute atomic E-state index is 13.7. The lowest BCUT2D eigenvalue weighted by molar-refractivity contribution is 0.0948. The predicted octanol–water partition coefficient (Wildman–Crippen LogP) is 3.84. The van der Waals surface area contributed by atoms with Gasteiger partial charge in [-0.3, -0.25) is 4.79 Å². The van der Waals surface area contributed by atoms with Crippen molar-refractivity contribution in [2.75, 3.05) is 43.5 Å². The van der Waals surface area contributed by atoms with Crippen molar-refractivity contribution in [2.24, 2.45) is 0 Å². The molecule has 0 spiro atoms. The smallest absolute Gasteiger partial charge is 0.254 e. The molecule has 1 aromatic carbocycles. The van der Waals surface area contributed by atoms with Gasteiger partial charge in [0.2, 0.25) is 0 Å². The number of rotatable bonds is 8. The zero-order valence-electron chi connectivity index (χ0n) is 17.0. The Labute approximate surface area is 176 Å². The maximum atomic E-state index is 13.7. The van der Waals surface area contributed by atoms with Crippen LogP contribution in [0.5, 0.6) is 0 Å². The summed E-state index contributed by atoms with van der Waals surface area (Å²) in [5.41, 5.74) is 2.24. The lowest BCUT2D eigenvalue weighted by atomic mass is 10.1. The van der Waals surface area contributed by atoms with E-state index in [4.69, 9.17) is 9.72 Å². The number of thioether (sulfide) groups is 1. The van der Waals surface area contributed by atoms with Gasteiger partial charge in [-0.25, -0.2) is 9.37 Å². The van der Waals surface area contributed by atoms with E-state index in [9.17, 15) is 9.18 Å². The summed E-state index contributed by atoms with van der Waals surface area (Å²) in [6, 6.07) is 8.75. The number of hydrogen-bond donors (Lipinski definition) is 1. The molecule has 3 rings (SSSR count). The molecule has 2 aromatic rings. The second-order valence-corrected chi connectivity index (χ2v) is 8.21. The highest BCUT2D eigenvalue weighted by Gasteiger charge is 2.20. The molecule has 1 aliphatic heterocycles. The molecule has 0 bridgehead atoms. The number of carbonyl (C=O) groups is 1. The summed E-state index contributed by atoms with van der Waals surface area (Å²) in [4.78, 5) is 19.8. The third-order valence-electron chi connectivity index (χ3n) is 4.88. The summed E-state index contributed by atoms with van der Waals surface area (Å²) in [7, 11) is 0. The van der Waals surface area contributed by atoms with Crippen LogP contribution in [0.2, 0.25) is 0 Å². The fourth-order valence-corrected chi connectivity index (χ4v) is 4.20. The summed E-state index contributed by atoms with van der Waals surface area (Å²) in [5, 5.41) is 3.74. The van der Waals surface area contributed by atoms with E-state index in [1.807, 2.05) is 19.1 Å². The molecule has 2 heterocycles. The summed E-state index contributed by atoms with van der Waals surface area (Å²) >= 11 is 1.58. The molecule has 7 heteroatoms. The van der Waals surface area contributed by atoms with Crippen molar-refractivity contribution >= 4 is 23.5 Å². The zero-order valence-corrected chi connectivity index (χ0v) is 17.9. The van der Waals surface area contributed by atoms with Crippen molar-refractivity contribution in [3.63, 3.8) is 0 Å². The van der Waals surface area contributed by atoms with Gasteiger partial charge in [0, 0.05) is 19.6 Å². The number of pyridine rings is 1. The van der Waals surface area contributed by atoms with Crippen molar-refractivity contribution in [3.05, 3.63) is 52.8 Å². The van der Waals surface area contributed by atoms with E-state index < -0.39 is 0 Å². The van der Waals surface area contributed by atoms with Crippen molar-refractivity contribution in [2.45, 2.75) is 31.7 Å². The van der Waals surface area contributed by atoms with Crippen LogP contribution >= 0.6 is 11.8 Å². The van der Waals surface area contributed by atoms with E-state index in [2.05, 4.69) is 17.1 Å². The minimum Gasteiger partial charge on any atom is -0.378 e. The summed E-state index contributed by atoms with van der Waals surface area (Å²) < 4.78 is 19.1. The molecule has 1 aromatic heterocycles. The Bertz CT molecular complexity index is 841. The molecule has 29 heavy (non-hydrogen) atoms. The lowest BCUT2D eigenvalue weighted by Crippen LogP contribution is -2.37. The van der Waals surface area contributed by atoms with Gasteiger partial charge in [-0.15, -0.1) is 11.8 Å². The van der Waals surface area contributed by atoms with E-state index in [1.165, 1.54) is 6.07 Å². The van der Waals surface area contributed by atoms with Gasteiger partial charge < -0.3 is 15.0 Å². The number of nitrogens with one attached hydrogen (secondary N) is 1. The molecule has 0 atom stereocenters. The van der Waals surface area contributed by atoms with Crippen LogP contribution in [0.4, 0.5) is 10.2 Å². The highest BCUT2D eigenvalue weighted by atomic mass is 32.2. The number of carbonyl (C=O) groups excluding carboxylic acids is 1. The average molecular weight is 418 g/mol. The van der Waals surface area contributed by atoms with Gasteiger partial charge in [-0.2, -0.15) is 0 Å². The van der Waals surface area contributed by atoms with Gasteiger partial charge in [0.05, 0.1) is 18.8 Å². The Balaban J connectivity index is 1.66. The van der Waals surface area contributed by atoms with E-state index in [0.717, 1.165) is 35.2 Å². The molecule has 1 saturated heterocycles. The maximum Gasteiger partial charge on any atom is 0.254 e. The largest absolute Gasteiger partial charge is 0.378 e. The Hall–Kier alpha value is -2.12. The van der Waals surface area contributed by atoms with E-state index >= 15 is 0 Å². The molecule has 0 radical (unpaired) electrons. The molecule has 0 unspecified atom stereocenters. The number of amides is 1. The molecule has 1 aliphatic rings. The molecular formula is C22H28FN3O2S. The minimum absolute atomic E-state index is 0.118. The molecule has 0 saturated carbocycles. The van der Waals surface area contributed by atoms with Crippen LogP contribution < -0.4 is 10.2 Å². The number of benzene rings is 1. The van der Waals surface area contributed by atoms with Crippen LogP contribution in [0.3, 0.4) is 0 Å². The summed E-state index contributed by atoms with van der Waals surface area (Å²) in [6.07, 6.45) is 1.28. The Morgan fingerprint density at radius 2 is 2.07 bits per heavy atom. The highest BCUT2D eigenvalue weighted by Crippen LogP contribution is 2.28. The molecule has 0 aliphatic carbocycles. The Morgan fingerprint density at radius 3 is 2.79 bits per heavy atom. The number of hydrogen-bond acceptors (Lipinski definition) is 5. The predicted molar refractivity (Wildman–Crippen MR) is 115 cm³/mol. The average Bonchev–Trinajstić information content (AvgIpc) is 2.73.